The van der Waals surface area contributed by atoms with Crippen LogP contribution in [0.1, 0.15) is 5.56 Å². The molecule has 6 heteroatoms. The number of nitrogens with one attached hydrogen (secondary N) is 1. The van der Waals surface area contributed by atoms with E-state index in [1.807, 2.05) is 24.3 Å². The van der Waals surface area contributed by atoms with Crippen LogP contribution < -0.4 is 15.0 Å². The van der Waals surface area contributed by atoms with Gasteiger partial charge in [0, 0.05) is 11.4 Å². The Balaban J connectivity index is 1.61. The van der Waals surface area contributed by atoms with E-state index in [0.717, 1.165) is 17.0 Å². The summed E-state index contributed by atoms with van der Waals surface area (Å²) in [5.41, 5.74) is 2.31. The van der Waals surface area contributed by atoms with Crippen LogP contribution in [0.15, 0.2) is 48.5 Å². The number of hydrogen-bond donors (Lipinski definition) is 1. The average molecular weight is 326 g/mol. The van der Waals surface area contributed by atoms with Gasteiger partial charge in [-0.15, -0.1) is 0 Å². The minimum Gasteiger partial charge on any atom is -0.497 e. The number of rotatable bonds is 5. The molecule has 2 amide bonds. The predicted octanol–water partition coefficient (Wildman–Crippen LogP) is 2.83. The summed E-state index contributed by atoms with van der Waals surface area (Å²) in [7, 11) is 1.59. The lowest BCUT2D eigenvalue weighted by Gasteiger charge is -2.13. The molecule has 0 radical (unpaired) electrons. The topological polar surface area (TPSA) is 67.9 Å². The Bertz CT molecular complexity index is 743. The third kappa shape index (κ3) is 3.65. The Morgan fingerprint density at radius 3 is 2.71 bits per heavy atom. The first-order valence-corrected chi connectivity index (χ1v) is 7.63. The van der Waals surface area contributed by atoms with Gasteiger partial charge in [-0.1, -0.05) is 12.1 Å². The first-order valence-electron chi connectivity index (χ1n) is 7.63. The Labute approximate surface area is 140 Å². The normalized spacial score (nSPS) is 13.5. The summed E-state index contributed by atoms with van der Waals surface area (Å²) in [5, 5.41) is 2.84. The molecule has 1 fully saturated rings. The molecule has 1 saturated heterocycles. The molecule has 3 rings (SSSR count). The first-order chi connectivity index (χ1) is 11.7. The molecule has 0 spiro atoms. The molecule has 1 aliphatic rings. The zero-order valence-electron chi connectivity index (χ0n) is 13.3. The fourth-order valence-corrected chi connectivity index (χ4v) is 2.53. The van der Waals surface area contributed by atoms with Crippen LogP contribution in [0.2, 0.25) is 0 Å². The molecule has 0 unspecified atom stereocenters. The number of carbonyl (C=O) groups is 2. The Kier molecular flexibility index (Phi) is 4.65. The number of anilines is 2. The van der Waals surface area contributed by atoms with E-state index in [9.17, 15) is 9.59 Å². The van der Waals surface area contributed by atoms with Crippen LogP contribution in [0.25, 0.3) is 0 Å². The monoisotopic (exact) mass is 326 g/mol. The number of amides is 2. The Morgan fingerprint density at radius 2 is 2.04 bits per heavy atom. The van der Waals surface area contributed by atoms with E-state index in [1.165, 1.54) is 0 Å². The molecule has 0 aromatic heterocycles. The van der Waals surface area contributed by atoms with Crippen molar-refractivity contribution in [2.75, 3.05) is 30.5 Å². The molecule has 0 bridgehead atoms. The van der Waals surface area contributed by atoms with Gasteiger partial charge in [-0.2, -0.15) is 0 Å². The first kappa shape index (κ1) is 15.9. The molecular formula is C18H18N2O4. The van der Waals surface area contributed by atoms with Crippen LogP contribution in [0, 0.1) is 0 Å². The molecule has 6 nitrogen and oxygen atoms in total. The number of ether oxygens (including phenoxy) is 2. The highest BCUT2D eigenvalue weighted by atomic mass is 16.6. The highest BCUT2D eigenvalue weighted by Gasteiger charge is 2.23. The lowest BCUT2D eigenvalue weighted by molar-refractivity contribution is -0.115. The van der Waals surface area contributed by atoms with Crippen LogP contribution >= 0.6 is 0 Å². The van der Waals surface area contributed by atoms with Gasteiger partial charge in [0.1, 0.15) is 12.4 Å². The fourth-order valence-electron chi connectivity index (χ4n) is 2.53. The van der Waals surface area contributed by atoms with E-state index >= 15 is 0 Å². The van der Waals surface area contributed by atoms with Gasteiger partial charge in [-0.05, 0) is 42.0 Å². The number of methoxy groups -OCH3 is 1. The van der Waals surface area contributed by atoms with Gasteiger partial charge >= 0.3 is 6.09 Å². The third-order valence-corrected chi connectivity index (χ3v) is 3.72. The number of cyclic esters (lactones) is 1. The van der Waals surface area contributed by atoms with E-state index < -0.39 is 0 Å². The van der Waals surface area contributed by atoms with E-state index in [4.69, 9.17) is 9.47 Å². The van der Waals surface area contributed by atoms with Crippen molar-refractivity contribution in [2.24, 2.45) is 0 Å². The number of nitrogens with zero attached hydrogens (tertiary/aromatic N) is 1. The van der Waals surface area contributed by atoms with Gasteiger partial charge in [0.05, 0.1) is 20.1 Å². The van der Waals surface area contributed by atoms with Crippen LogP contribution in [-0.2, 0) is 16.0 Å². The van der Waals surface area contributed by atoms with Gasteiger partial charge in [-0.3, -0.25) is 9.69 Å². The van der Waals surface area contributed by atoms with Crippen molar-refractivity contribution in [1.82, 2.24) is 0 Å². The molecule has 0 atom stereocenters. The summed E-state index contributed by atoms with van der Waals surface area (Å²) >= 11 is 0. The second kappa shape index (κ2) is 7.04. The summed E-state index contributed by atoms with van der Waals surface area (Å²) in [4.78, 5) is 25.2. The quantitative estimate of drug-likeness (QED) is 0.917. The summed E-state index contributed by atoms with van der Waals surface area (Å²) in [6.07, 6.45) is -0.0815. The summed E-state index contributed by atoms with van der Waals surface area (Å²) in [6.45, 7) is 0.943. The summed E-state index contributed by atoms with van der Waals surface area (Å²) < 4.78 is 10.1. The van der Waals surface area contributed by atoms with E-state index in [0.29, 0.717) is 18.8 Å². The van der Waals surface area contributed by atoms with Crippen LogP contribution in [0.3, 0.4) is 0 Å². The van der Waals surface area contributed by atoms with Gasteiger partial charge < -0.3 is 14.8 Å². The zero-order valence-corrected chi connectivity index (χ0v) is 13.3. The molecule has 2 aromatic carbocycles. The zero-order chi connectivity index (χ0) is 16.9. The van der Waals surface area contributed by atoms with Crippen molar-refractivity contribution in [2.45, 2.75) is 6.42 Å². The standard InChI is InChI=1S/C18H18N2O4/c1-23-16-4-2-3-13(11-16)12-17(21)19-14-5-7-15(8-6-14)20-9-10-24-18(20)22/h2-8,11H,9-10,12H2,1H3,(H,19,21). The lowest BCUT2D eigenvalue weighted by Crippen LogP contribution is -2.23. The molecule has 0 saturated carbocycles. The van der Waals surface area contributed by atoms with E-state index in [-0.39, 0.29) is 18.4 Å². The van der Waals surface area contributed by atoms with Crippen LogP contribution in [-0.4, -0.2) is 32.3 Å². The van der Waals surface area contributed by atoms with Crippen molar-refractivity contribution in [1.29, 1.82) is 0 Å². The van der Waals surface area contributed by atoms with Gasteiger partial charge in [0.2, 0.25) is 5.91 Å². The van der Waals surface area contributed by atoms with Crippen molar-refractivity contribution in [3.8, 4) is 5.75 Å². The minimum absolute atomic E-state index is 0.114. The minimum atomic E-state index is -0.343. The molecule has 2 aromatic rings. The summed E-state index contributed by atoms with van der Waals surface area (Å²) in [5.74, 6) is 0.610. The summed E-state index contributed by atoms with van der Waals surface area (Å²) in [6, 6.07) is 14.5. The van der Waals surface area contributed by atoms with Crippen molar-refractivity contribution in [3.05, 3.63) is 54.1 Å². The van der Waals surface area contributed by atoms with Gasteiger partial charge in [0.15, 0.2) is 0 Å². The maximum absolute atomic E-state index is 12.1. The second-order valence-electron chi connectivity index (χ2n) is 5.39. The molecule has 1 heterocycles. The van der Waals surface area contributed by atoms with Gasteiger partial charge in [0.25, 0.3) is 0 Å². The maximum Gasteiger partial charge on any atom is 0.414 e. The third-order valence-electron chi connectivity index (χ3n) is 3.72. The Hall–Kier alpha value is -3.02. The number of hydrogen-bond acceptors (Lipinski definition) is 4. The fraction of sp³-hybridized carbons (Fsp3) is 0.222. The van der Waals surface area contributed by atoms with Gasteiger partial charge in [-0.25, -0.2) is 4.79 Å². The van der Waals surface area contributed by atoms with Crippen LogP contribution in [0.5, 0.6) is 5.75 Å². The highest BCUT2D eigenvalue weighted by Crippen LogP contribution is 2.21. The molecular weight excluding hydrogens is 308 g/mol. The Morgan fingerprint density at radius 1 is 1.25 bits per heavy atom. The average Bonchev–Trinajstić information content (AvgIpc) is 3.01. The smallest absolute Gasteiger partial charge is 0.414 e. The molecule has 1 aliphatic heterocycles. The SMILES string of the molecule is COc1cccc(CC(=O)Nc2ccc(N3CCOC3=O)cc2)c1. The molecule has 124 valence electrons. The molecule has 1 N–H and O–H groups in total. The predicted molar refractivity (Wildman–Crippen MR) is 90.5 cm³/mol. The number of benzene rings is 2. The van der Waals surface area contributed by atoms with Crippen molar-refractivity contribution >= 4 is 23.4 Å². The van der Waals surface area contributed by atoms with E-state index in [1.54, 1.807) is 36.3 Å². The van der Waals surface area contributed by atoms with Crippen LogP contribution in [0.4, 0.5) is 16.2 Å². The second-order valence-corrected chi connectivity index (χ2v) is 5.39. The van der Waals surface area contributed by atoms with Crippen molar-refractivity contribution in [3.63, 3.8) is 0 Å². The highest BCUT2D eigenvalue weighted by molar-refractivity contribution is 5.93. The largest absolute Gasteiger partial charge is 0.497 e. The molecule has 0 aliphatic carbocycles. The number of carbonyl (C=O) groups excluding carboxylic acids is 2. The molecule has 24 heavy (non-hydrogen) atoms. The lowest BCUT2D eigenvalue weighted by atomic mass is 10.1. The maximum atomic E-state index is 12.1. The van der Waals surface area contributed by atoms with Crippen molar-refractivity contribution < 1.29 is 19.1 Å². The van der Waals surface area contributed by atoms with E-state index in [2.05, 4.69) is 5.32 Å².